The summed E-state index contributed by atoms with van der Waals surface area (Å²) in [5.74, 6) is -2.71. The van der Waals surface area contributed by atoms with Crippen molar-refractivity contribution in [2.75, 3.05) is 0 Å². The third-order valence-electron chi connectivity index (χ3n) is 0.858. The van der Waals surface area contributed by atoms with Gasteiger partial charge in [0, 0.05) is 53.2 Å². The summed E-state index contributed by atoms with van der Waals surface area (Å²) in [5, 5.41) is 19.6. The topological polar surface area (TPSA) is 106 Å². The summed E-state index contributed by atoms with van der Waals surface area (Å²) in [7, 11) is 0. The molecule has 0 aromatic rings. The van der Waals surface area contributed by atoms with Crippen molar-refractivity contribution in [2.45, 2.75) is 18.9 Å². The van der Waals surface area contributed by atoms with Gasteiger partial charge in [0.25, 0.3) is 0 Å². The Kier molecular flexibility index (Phi) is 7.65. The number of nitrogens with two attached hydrogens (primary N) is 1. The quantitative estimate of drug-likeness (QED) is 0.525. The van der Waals surface area contributed by atoms with Crippen LogP contribution in [0, 0.1) is 0 Å². The minimum absolute atomic E-state index is 0. The molecule has 0 atom stereocenters. The summed E-state index contributed by atoms with van der Waals surface area (Å²) in [4.78, 5) is 19.6. The van der Waals surface area contributed by atoms with E-state index in [2.05, 4.69) is 0 Å². The molecule has 0 spiro atoms. The minimum Gasteiger partial charge on any atom is -0.550 e. The van der Waals surface area contributed by atoms with Gasteiger partial charge in [-0.1, -0.05) is 0 Å². The Hall–Kier alpha value is -0.360. The summed E-state index contributed by atoms with van der Waals surface area (Å²) in [6.07, 6.45) is -0.901. The van der Waals surface area contributed by atoms with Gasteiger partial charge in [0.15, 0.2) is 0 Å². The molecule has 0 heterocycles. The van der Waals surface area contributed by atoms with Crippen LogP contribution in [0.3, 0.4) is 0 Å². The summed E-state index contributed by atoms with van der Waals surface area (Å²) < 4.78 is 0. The molecule has 11 heavy (non-hydrogen) atoms. The second-order valence-corrected chi connectivity index (χ2v) is 1.91. The van der Waals surface area contributed by atoms with Gasteiger partial charge in [0.1, 0.15) is 0 Å². The number of hydrogen-bond acceptors (Lipinski definition) is 5. The molecule has 0 aromatic heterocycles. The Morgan fingerprint density at radius 3 is 1.64 bits per heavy atom. The van der Waals surface area contributed by atoms with Crippen molar-refractivity contribution in [3.05, 3.63) is 0 Å². The summed E-state index contributed by atoms with van der Waals surface area (Å²) >= 11 is 0. The first kappa shape index (κ1) is 13.2. The molecule has 0 aliphatic carbocycles. The average Bonchev–Trinajstić information content (AvgIpc) is 1.58. The van der Waals surface area contributed by atoms with Crippen LogP contribution < -0.4 is 15.9 Å². The Balaban J connectivity index is 0. The molecule has 0 unspecified atom stereocenters. The van der Waals surface area contributed by atoms with Crippen LogP contribution in [0.5, 0.6) is 0 Å². The fraction of sp³-hybridized carbons (Fsp3) is 0.600. The van der Waals surface area contributed by atoms with E-state index in [0.29, 0.717) is 0 Å². The van der Waals surface area contributed by atoms with E-state index in [9.17, 15) is 19.8 Å². The first-order valence-corrected chi connectivity index (χ1v) is 2.67. The van der Waals surface area contributed by atoms with Crippen molar-refractivity contribution in [1.29, 1.82) is 0 Å². The van der Waals surface area contributed by atoms with Crippen LogP contribution in [0.15, 0.2) is 0 Å². The van der Waals surface area contributed by atoms with Crippen LogP contribution >= 0.6 is 0 Å². The smallest absolute Gasteiger partial charge is 0.0429 e. The van der Waals surface area contributed by atoms with Crippen molar-refractivity contribution in [1.82, 2.24) is 0 Å². The van der Waals surface area contributed by atoms with E-state index >= 15 is 0 Å². The van der Waals surface area contributed by atoms with E-state index in [1.54, 1.807) is 0 Å². The van der Waals surface area contributed by atoms with Gasteiger partial charge in [-0.25, -0.2) is 0 Å². The molecule has 0 aliphatic heterocycles. The molecule has 69 valence electrons. The van der Waals surface area contributed by atoms with E-state index in [1.807, 2.05) is 0 Å². The van der Waals surface area contributed by atoms with Gasteiger partial charge >= 0.3 is 0 Å². The van der Waals surface area contributed by atoms with Crippen molar-refractivity contribution >= 4 is 11.9 Å². The van der Waals surface area contributed by atoms with Crippen LogP contribution in [-0.2, 0) is 32.0 Å². The second kappa shape index (κ2) is 6.36. The molecule has 0 amide bonds. The number of carboxylic acid groups (broad SMARTS) is 2. The number of rotatable bonds is 4. The average molecular weight is 253 g/mol. The molecule has 0 rings (SSSR count). The molecule has 0 fully saturated rings. The van der Waals surface area contributed by atoms with Gasteiger partial charge in [-0.15, -0.1) is 0 Å². The zero-order valence-electron chi connectivity index (χ0n) is 5.50. The molecular formula is C5H7AgNO4-2. The van der Waals surface area contributed by atoms with Crippen molar-refractivity contribution in [3.8, 4) is 0 Å². The minimum atomic E-state index is -1.35. The Labute approximate surface area is 79.1 Å². The number of carbonyl (C=O) groups excluding carboxylic acids is 2. The van der Waals surface area contributed by atoms with E-state index in [1.165, 1.54) is 0 Å². The SMILES string of the molecule is NC(CC(=O)[O-])CC(=O)[O-].[Ag]. The largest absolute Gasteiger partial charge is 0.550 e. The van der Waals surface area contributed by atoms with Crippen molar-refractivity contribution in [3.63, 3.8) is 0 Å². The summed E-state index contributed by atoms with van der Waals surface area (Å²) in [6, 6.07) is -0.907. The zero-order chi connectivity index (χ0) is 8.15. The standard InChI is InChI=1S/C5H9NO4.Ag/c6-3(1-4(7)8)2-5(9)10;/h3H,1-2,6H2,(H,7,8)(H,9,10);/p-2. The Morgan fingerprint density at radius 2 is 1.45 bits per heavy atom. The molecular weight excluding hydrogens is 246 g/mol. The van der Waals surface area contributed by atoms with Crippen molar-refractivity contribution in [2.24, 2.45) is 5.73 Å². The molecule has 0 saturated carbocycles. The van der Waals surface area contributed by atoms with Gasteiger partial charge in [0.05, 0.1) is 0 Å². The van der Waals surface area contributed by atoms with Crippen LogP contribution in [0.25, 0.3) is 0 Å². The predicted octanol–water partition coefficient (Wildman–Crippen LogP) is -3.41. The molecule has 5 nitrogen and oxygen atoms in total. The monoisotopic (exact) mass is 252 g/mol. The Bertz CT molecular complexity index is 133. The van der Waals surface area contributed by atoms with Crippen LogP contribution in [-0.4, -0.2) is 18.0 Å². The molecule has 0 aromatic carbocycles. The summed E-state index contributed by atoms with van der Waals surface area (Å²) in [5.41, 5.74) is 5.03. The number of hydrogen-bond donors (Lipinski definition) is 1. The van der Waals surface area contributed by atoms with Gasteiger partial charge < -0.3 is 25.5 Å². The molecule has 0 bridgehead atoms. The fourth-order valence-electron chi connectivity index (χ4n) is 0.500. The van der Waals surface area contributed by atoms with E-state index in [4.69, 9.17) is 5.73 Å². The predicted molar refractivity (Wildman–Crippen MR) is 27.2 cm³/mol. The summed E-state index contributed by atoms with van der Waals surface area (Å²) in [6.45, 7) is 0. The van der Waals surface area contributed by atoms with Crippen LogP contribution in [0.2, 0.25) is 0 Å². The third kappa shape index (κ3) is 9.64. The number of carbonyl (C=O) groups is 2. The van der Waals surface area contributed by atoms with Crippen molar-refractivity contribution < 1.29 is 42.2 Å². The number of aliphatic carboxylic acids is 2. The van der Waals surface area contributed by atoms with Gasteiger partial charge in [-0.05, 0) is 0 Å². The normalized spacial score (nSPS) is 8.91. The third-order valence-corrected chi connectivity index (χ3v) is 0.858. The zero-order valence-corrected chi connectivity index (χ0v) is 6.99. The molecule has 1 radical (unpaired) electrons. The number of carboxylic acids is 2. The maximum absolute atomic E-state index is 9.79. The first-order valence-electron chi connectivity index (χ1n) is 2.67. The van der Waals surface area contributed by atoms with Gasteiger partial charge in [-0.2, -0.15) is 0 Å². The fourth-order valence-corrected chi connectivity index (χ4v) is 0.500. The van der Waals surface area contributed by atoms with Crippen LogP contribution in [0.4, 0.5) is 0 Å². The molecule has 6 heteroatoms. The second-order valence-electron chi connectivity index (χ2n) is 1.91. The molecule has 0 aliphatic rings. The van der Waals surface area contributed by atoms with E-state index < -0.39 is 30.8 Å². The van der Waals surface area contributed by atoms with Crippen LogP contribution in [0.1, 0.15) is 12.8 Å². The Morgan fingerprint density at radius 1 is 1.18 bits per heavy atom. The van der Waals surface area contributed by atoms with Gasteiger partial charge in [-0.3, -0.25) is 0 Å². The van der Waals surface area contributed by atoms with E-state index in [0.717, 1.165) is 0 Å². The molecule has 0 saturated heterocycles. The first-order chi connectivity index (χ1) is 4.52. The maximum atomic E-state index is 9.79. The van der Waals surface area contributed by atoms with E-state index in [-0.39, 0.29) is 22.4 Å². The van der Waals surface area contributed by atoms with Gasteiger partial charge in [0.2, 0.25) is 0 Å². The molecule has 2 N–H and O–H groups in total. The maximum Gasteiger partial charge on any atom is 0.0429 e.